The smallest absolute Gasteiger partial charge is 0.219 e. The maximum atomic E-state index is 11.8. The average Bonchev–Trinajstić information content (AvgIpc) is 2.67. The molecule has 1 aromatic carbocycles. The van der Waals surface area contributed by atoms with Crippen LogP contribution in [0, 0.1) is 13.8 Å². The summed E-state index contributed by atoms with van der Waals surface area (Å²) in [5, 5.41) is 19.2. The molecule has 0 radical (unpaired) electrons. The Hall–Kier alpha value is -2.67. The molecule has 1 aromatic heterocycles. The van der Waals surface area contributed by atoms with E-state index in [0.717, 1.165) is 36.5 Å². The van der Waals surface area contributed by atoms with Crippen molar-refractivity contribution in [2.75, 3.05) is 31.1 Å². The molecule has 28 heavy (non-hydrogen) atoms. The Labute approximate surface area is 164 Å². The van der Waals surface area contributed by atoms with Crippen molar-refractivity contribution >= 4 is 11.7 Å². The van der Waals surface area contributed by atoms with E-state index in [-0.39, 0.29) is 23.8 Å². The number of hydrogen-bond acceptors (Lipinski definition) is 6. The van der Waals surface area contributed by atoms with Crippen molar-refractivity contribution in [1.29, 1.82) is 0 Å². The highest BCUT2D eigenvalue weighted by molar-refractivity contribution is 5.73. The molecular weight excluding hydrogens is 356 g/mol. The van der Waals surface area contributed by atoms with Gasteiger partial charge in [0.15, 0.2) is 5.82 Å². The van der Waals surface area contributed by atoms with E-state index in [4.69, 9.17) is 4.74 Å². The van der Waals surface area contributed by atoms with Crippen LogP contribution in [0.15, 0.2) is 24.3 Å². The molecule has 7 nitrogen and oxygen atoms in total. The van der Waals surface area contributed by atoms with Crippen molar-refractivity contribution in [3.63, 3.8) is 0 Å². The lowest BCUT2D eigenvalue weighted by Gasteiger charge is -2.47. The second-order valence-corrected chi connectivity index (χ2v) is 7.68. The quantitative estimate of drug-likeness (QED) is 0.859. The minimum Gasteiger partial charge on any atom is -0.507 e. The summed E-state index contributed by atoms with van der Waals surface area (Å²) in [4.78, 5) is 15.9. The number of likely N-dealkylation sites (tertiary alicyclic amines) is 1. The van der Waals surface area contributed by atoms with E-state index < -0.39 is 0 Å². The molecule has 0 aliphatic carbocycles. The summed E-state index contributed by atoms with van der Waals surface area (Å²) in [7, 11) is 0. The van der Waals surface area contributed by atoms with Gasteiger partial charge in [-0.2, -0.15) is 0 Å². The molecule has 1 N–H and O–H groups in total. The molecule has 2 aliphatic heterocycles. The predicted octanol–water partition coefficient (Wildman–Crippen LogP) is 2.29. The van der Waals surface area contributed by atoms with E-state index in [1.165, 1.54) is 0 Å². The number of phenolic OH excluding ortho intramolecular Hbond substituents is 1. The van der Waals surface area contributed by atoms with E-state index in [9.17, 15) is 9.90 Å². The second-order valence-electron chi connectivity index (χ2n) is 7.68. The van der Waals surface area contributed by atoms with E-state index in [1.54, 1.807) is 13.0 Å². The molecule has 2 aliphatic rings. The Morgan fingerprint density at radius 3 is 2.75 bits per heavy atom. The molecule has 0 bridgehead atoms. The average molecular weight is 382 g/mol. The van der Waals surface area contributed by atoms with Crippen molar-refractivity contribution in [2.45, 2.75) is 39.3 Å². The third-order valence-corrected chi connectivity index (χ3v) is 5.70. The number of ether oxygens (including phenoxy) is 1. The van der Waals surface area contributed by atoms with Crippen LogP contribution in [-0.4, -0.2) is 64.5 Å². The number of piperidine rings is 1. The maximum Gasteiger partial charge on any atom is 0.219 e. The fraction of sp³-hybridized carbons (Fsp3) is 0.476. The van der Waals surface area contributed by atoms with E-state index in [1.807, 2.05) is 36.9 Å². The monoisotopic (exact) mass is 382 g/mol. The van der Waals surface area contributed by atoms with Gasteiger partial charge < -0.3 is 19.6 Å². The van der Waals surface area contributed by atoms with E-state index in [0.29, 0.717) is 24.4 Å². The van der Waals surface area contributed by atoms with Crippen molar-refractivity contribution < 1.29 is 14.6 Å². The fourth-order valence-corrected chi connectivity index (χ4v) is 4.16. The summed E-state index contributed by atoms with van der Waals surface area (Å²) in [6.07, 6.45) is 0.940. The molecule has 7 heteroatoms. The highest BCUT2D eigenvalue weighted by atomic mass is 16.5. The number of hydrogen-bond donors (Lipinski definition) is 1. The number of aromatic hydroxyl groups is 1. The molecule has 0 saturated carbocycles. The molecule has 2 saturated heterocycles. The molecule has 1 amide bonds. The predicted molar refractivity (Wildman–Crippen MR) is 106 cm³/mol. The third-order valence-electron chi connectivity index (χ3n) is 5.70. The van der Waals surface area contributed by atoms with Gasteiger partial charge >= 0.3 is 0 Å². The first-order valence-electron chi connectivity index (χ1n) is 9.72. The van der Waals surface area contributed by atoms with Gasteiger partial charge in [-0.1, -0.05) is 6.07 Å². The number of carbonyl (C=O) groups excluding carboxylic acids is 1. The number of nitrogens with zero attached hydrogens (tertiary/aromatic N) is 4. The molecule has 3 heterocycles. The van der Waals surface area contributed by atoms with Gasteiger partial charge in [-0.15, -0.1) is 10.2 Å². The molecule has 4 rings (SSSR count). The lowest BCUT2D eigenvalue weighted by molar-refractivity contribution is -0.133. The Morgan fingerprint density at radius 2 is 2.04 bits per heavy atom. The first-order valence-corrected chi connectivity index (χ1v) is 9.72. The number of aryl methyl sites for hydroxylation is 2. The SMILES string of the molecule is CC(=O)N1CC[C@H]2OCCN(c3cc(C)c(-c4ccc(C)cc4O)nn3)[C@H]2C1. The van der Waals surface area contributed by atoms with Crippen LogP contribution in [0.4, 0.5) is 5.82 Å². The first kappa shape index (κ1) is 18.7. The standard InChI is InChI=1S/C21H26N4O3/c1-13-4-5-16(18(27)10-13)21-14(2)11-20(22-23-21)25-8-9-28-19-6-7-24(15(3)26)12-17(19)25/h4-5,10-11,17,19,27H,6-9,12H2,1-3H3/t17-,19+/m0/s1. The maximum absolute atomic E-state index is 11.8. The number of aromatic nitrogens is 2. The largest absolute Gasteiger partial charge is 0.507 e. The number of fused-ring (bicyclic) bond motifs is 1. The highest BCUT2D eigenvalue weighted by Gasteiger charge is 2.38. The molecule has 148 valence electrons. The summed E-state index contributed by atoms with van der Waals surface area (Å²) >= 11 is 0. The second kappa shape index (κ2) is 7.39. The molecule has 0 unspecified atom stereocenters. The van der Waals surface area contributed by atoms with Gasteiger partial charge in [0.25, 0.3) is 0 Å². The van der Waals surface area contributed by atoms with Crippen molar-refractivity contribution in [3.05, 3.63) is 35.4 Å². The third kappa shape index (κ3) is 3.42. The van der Waals surface area contributed by atoms with E-state index >= 15 is 0 Å². The van der Waals surface area contributed by atoms with Gasteiger partial charge in [-0.3, -0.25) is 4.79 Å². The van der Waals surface area contributed by atoms with Crippen LogP contribution >= 0.6 is 0 Å². The van der Waals surface area contributed by atoms with E-state index in [2.05, 4.69) is 15.1 Å². The molecule has 2 aromatic rings. The van der Waals surface area contributed by atoms with Crippen LogP contribution in [0.25, 0.3) is 11.3 Å². The number of benzene rings is 1. The van der Waals surface area contributed by atoms with Crippen LogP contribution in [0.1, 0.15) is 24.5 Å². The minimum atomic E-state index is 0.0822. The van der Waals surface area contributed by atoms with Crippen LogP contribution in [-0.2, 0) is 9.53 Å². The van der Waals surface area contributed by atoms with Gasteiger partial charge in [-0.05, 0) is 49.6 Å². The normalized spacial score (nSPS) is 22.1. The van der Waals surface area contributed by atoms with Gasteiger partial charge in [-0.25, -0.2) is 0 Å². The number of anilines is 1. The number of morpholine rings is 1. The Bertz CT molecular complexity index is 901. The van der Waals surface area contributed by atoms with Gasteiger partial charge in [0.1, 0.15) is 5.75 Å². The lowest BCUT2D eigenvalue weighted by atomic mass is 9.98. The highest BCUT2D eigenvalue weighted by Crippen LogP contribution is 2.33. The summed E-state index contributed by atoms with van der Waals surface area (Å²) in [5.41, 5.74) is 3.31. The number of amides is 1. The topological polar surface area (TPSA) is 78.8 Å². The Kier molecular flexibility index (Phi) is 4.93. The summed E-state index contributed by atoms with van der Waals surface area (Å²) in [6.45, 7) is 8.27. The summed E-state index contributed by atoms with van der Waals surface area (Å²) < 4.78 is 5.95. The molecule has 2 atom stereocenters. The van der Waals surface area contributed by atoms with Gasteiger partial charge in [0, 0.05) is 32.1 Å². The molecular formula is C21H26N4O3. The Morgan fingerprint density at radius 1 is 1.21 bits per heavy atom. The molecule has 2 fully saturated rings. The van der Waals surface area contributed by atoms with Gasteiger partial charge in [0.05, 0.1) is 24.4 Å². The lowest BCUT2D eigenvalue weighted by Crippen LogP contribution is -2.61. The Balaban J connectivity index is 1.63. The number of phenols is 1. The van der Waals surface area contributed by atoms with Crippen molar-refractivity contribution in [1.82, 2.24) is 15.1 Å². The van der Waals surface area contributed by atoms with Crippen LogP contribution in [0.3, 0.4) is 0 Å². The van der Waals surface area contributed by atoms with Gasteiger partial charge in [0.2, 0.25) is 5.91 Å². The van der Waals surface area contributed by atoms with Crippen molar-refractivity contribution in [2.24, 2.45) is 0 Å². The summed E-state index contributed by atoms with van der Waals surface area (Å²) in [5.74, 6) is 1.09. The summed E-state index contributed by atoms with van der Waals surface area (Å²) in [6, 6.07) is 7.65. The van der Waals surface area contributed by atoms with Crippen molar-refractivity contribution in [3.8, 4) is 17.0 Å². The molecule has 0 spiro atoms. The van der Waals surface area contributed by atoms with Crippen LogP contribution in [0.2, 0.25) is 0 Å². The first-order chi connectivity index (χ1) is 13.4. The van der Waals surface area contributed by atoms with Crippen LogP contribution in [0.5, 0.6) is 5.75 Å². The number of rotatable bonds is 2. The number of carbonyl (C=O) groups is 1. The zero-order valence-electron chi connectivity index (χ0n) is 16.6. The zero-order chi connectivity index (χ0) is 19.8. The zero-order valence-corrected chi connectivity index (χ0v) is 16.6. The minimum absolute atomic E-state index is 0.0822. The fourth-order valence-electron chi connectivity index (χ4n) is 4.16. The van der Waals surface area contributed by atoms with Crippen LogP contribution < -0.4 is 4.90 Å².